The van der Waals surface area contributed by atoms with Gasteiger partial charge in [-0.25, -0.2) is 0 Å². The highest BCUT2D eigenvalue weighted by atomic mass is 16.6. The summed E-state index contributed by atoms with van der Waals surface area (Å²) in [6, 6.07) is 16.0. The van der Waals surface area contributed by atoms with Crippen LogP contribution >= 0.6 is 0 Å². The van der Waals surface area contributed by atoms with Gasteiger partial charge in [0.15, 0.2) is 0 Å². The van der Waals surface area contributed by atoms with Gasteiger partial charge in [-0.1, -0.05) is 62.1 Å². The Labute approximate surface area is 209 Å². The molecule has 0 spiro atoms. The third-order valence-electron chi connectivity index (χ3n) is 6.44. The van der Waals surface area contributed by atoms with Gasteiger partial charge in [0.05, 0.1) is 9.85 Å². The Morgan fingerprint density at radius 2 is 1.00 bits per heavy atom. The molecule has 0 bridgehead atoms. The topological polar surface area (TPSA) is 96.1 Å². The van der Waals surface area contributed by atoms with E-state index in [0.717, 1.165) is 96.9 Å². The molecule has 8 nitrogen and oxygen atoms in total. The van der Waals surface area contributed by atoms with Gasteiger partial charge in [0, 0.05) is 70.6 Å². The molecule has 0 N–H and O–H groups in total. The van der Waals surface area contributed by atoms with Crippen LogP contribution in [0.2, 0.25) is 0 Å². The predicted octanol–water partition coefficient (Wildman–Crippen LogP) is 7.13. The molecule has 4 rings (SSSR count). The maximum absolute atomic E-state index is 10.7. The molecule has 0 saturated carbocycles. The van der Waals surface area contributed by atoms with Crippen molar-refractivity contribution in [3.8, 4) is 0 Å². The number of fused-ring (bicyclic) bond motifs is 2. The molecule has 8 heteroatoms. The number of aromatic nitrogens is 2. The second kappa shape index (κ2) is 12.0. The molecule has 0 amide bonds. The van der Waals surface area contributed by atoms with E-state index >= 15 is 0 Å². The van der Waals surface area contributed by atoms with Crippen molar-refractivity contribution in [1.82, 2.24) is 9.13 Å². The molecule has 0 aliphatic heterocycles. The molecule has 0 unspecified atom stereocenters. The number of aryl methyl sites for hydroxylation is 2. The number of hydrogen-bond donors (Lipinski definition) is 0. The zero-order valence-corrected chi connectivity index (χ0v) is 20.2. The molecule has 2 aromatic heterocycles. The quantitative estimate of drug-likeness (QED) is 0.114. The van der Waals surface area contributed by atoms with Gasteiger partial charge in [0.1, 0.15) is 0 Å². The van der Waals surface area contributed by atoms with Crippen molar-refractivity contribution in [3.63, 3.8) is 0 Å². The largest absolute Gasteiger partial charge is 0.347 e. The Hall–Kier alpha value is -4.20. The van der Waals surface area contributed by atoms with Crippen LogP contribution in [0.25, 0.3) is 34.0 Å². The number of rotatable bonds is 13. The Kier molecular flexibility index (Phi) is 8.28. The number of para-hydroxylation sites is 2. The Balaban J connectivity index is 1.23. The first-order valence-electron chi connectivity index (χ1n) is 12.3. The van der Waals surface area contributed by atoms with E-state index in [4.69, 9.17) is 0 Å². The molecule has 36 heavy (non-hydrogen) atoms. The molecule has 0 aliphatic carbocycles. The van der Waals surface area contributed by atoms with Gasteiger partial charge >= 0.3 is 0 Å². The fourth-order valence-electron chi connectivity index (χ4n) is 4.74. The lowest BCUT2D eigenvalue weighted by molar-refractivity contribution is -0.401. The summed E-state index contributed by atoms with van der Waals surface area (Å²) >= 11 is 0. The third-order valence-corrected chi connectivity index (χ3v) is 6.44. The van der Waals surface area contributed by atoms with E-state index in [1.165, 1.54) is 0 Å². The summed E-state index contributed by atoms with van der Waals surface area (Å²) in [5.74, 6) is 0. The van der Waals surface area contributed by atoms with Gasteiger partial charge in [-0.3, -0.25) is 20.2 Å². The standard InChI is InChI=1S/C28H30N4O4/c33-31(34)19-15-23-21-29(27-13-7-5-11-25(23)27)17-9-3-1-2-4-10-18-30-22-24(16-20-32(35)36)26-12-6-8-14-28(26)30/h5-8,11-16,19-22H,1-4,9-10,17-18H2/b19-15+,20-16+. The highest BCUT2D eigenvalue weighted by Gasteiger charge is 2.08. The van der Waals surface area contributed by atoms with E-state index < -0.39 is 9.85 Å². The van der Waals surface area contributed by atoms with Crippen molar-refractivity contribution in [2.75, 3.05) is 0 Å². The van der Waals surface area contributed by atoms with E-state index in [0.29, 0.717) is 0 Å². The molecule has 0 aliphatic rings. The SMILES string of the molecule is O=[N+]([O-])/C=C/c1cn(CCCCCCCCn2cc(/C=C/[N+](=O)[O-])c3ccccc32)c2ccccc12. The molecule has 0 saturated heterocycles. The number of benzene rings is 2. The van der Waals surface area contributed by atoms with Crippen LogP contribution in [0, 0.1) is 20.2 Å². The normalized spacial score (nSPS) is 11.9. The van der Waals surface area contributed by atoms with Crippen LogP contribution in [-0.4, -0.2) is 19.0 Å². The fraction of sp³-hybridized carbons (Fsp3) is 0.286. The molecule has 2 aromatic carbocycles. The fourth-order valence-corrected chi connectivity index (χ4v) is 4.74. The summed E-state index contributed by atoms with van der Waals surface area (Å²) in [5, 5.41) is 23.5. The summed E-state index contributed by atoms with van der Waals surface area (Å²) in [6.07, 6.45) is 15.8. The molecular weight excluding hydrogens is 456 g/mol. The maximum atomic E-state index is 10.7. The minimum absolute atomic E-state index is 0.433. The number of unbranched alkanes of at least 4 members (excludes halogenated alkanes) is 5. The zero-order valence-electron chi connectivity index (χ0n) is 20.2. The lowest BCUT2D eigenvalue weighted by atomic mass is 10.1. The Bertz CT molecular complexity index is 1310. The number of nitro groups is 2. The van der Waals surface area contributed by atoms with Crippen molar-refractivity contribution in [2.24, 2.45) is 0 Å². The van der Waals surface area contributed by atoms with Gasteiger partial charge < -0.3 is 9.13 Å². The first kappa shape index (κ1) is 24.9. The van der Waals surface area contributed by atoms with E-state index in [1.54, 1.807) is 12.2 Å². The lowest BCUT2D eigenvalue weighted by Crippen LogP contribution is -1.97. The van der Waals surface area contributed by atoms with Crippen LogP contribution in [0.1, 0.15) is 49.7 Å². The van der Waals surface area contributed by atoms with Crippen molar-refractivity contribution in [3.05, 3.63) is 105 Å². The molecule has 2 heterocycles. The van der Waals surface area contributed by atoms with E-state index in [2.05, 4.69) is 21.3 Å². The van der Waals surface area contributed by atoms with Crippen molar-refractivity contribution >= 4 is 34.0 Å². The summed E-state index contributed by atoms with van der Waals surface area (Å²) < 4.78 is 4.38. The van der Waals surface area contributed by atoms with Gasteiger partial charge in [-0.15, -0.1) is 0 Å². The Morgan fingerprint density at radius 3 is 1.42 bits per heavy atom. The van der Waals surface area contributed by atoms with E-state index in [1.807, 2.05) is 48.8 Å². The van der Waals surface area contributed by atoms with Crippen molar-refractivity contribution < 1.29 is 9.85 Å². The lowest BCUT2D eigenvalue weighted by Gasteiger charge is -2.07. The average Bonchev–Trinajstić information content (AvgIpc) is 3.41. The van der Waals surface area contributed by atoms with Gasteiger partial charge in [0.25, 0.3) is 0 Å². The second-order valence-electron chi connectivity index (χ2n) is 8.91. The molecule has 4 aromatic rings. The van der Waals surface area contributed by atoms with Crippen LogP contribution in [0.4, 0.5) is 0 Å². The zero-order chi connectivity index (χ0) is 25.3. The Morgan fingerprint density at radius 1 is 0.611 bits per heavy atom. The number of nitrogens with zero attached hydrogens (tertiary/aromatic N) is 4. The second-order valence-corrected chi connectivity index (χ2v) is 8.91. The van der Waals surface area contributed by atoms with Crippen LogP contribution in [0.15, 0.2) is 73.3 Å². The average molecular weight is 487 g/mol. The minimum Gasteiger partial charge on any atom is -0.347 e. The van der Waals surface area contributed by atoms with Gasteiger partial charge in [0.2, 0.25) is 12.4 Å². The first-order chi connectivity index (χ1) is 17.5. The van der Waals surface area contributed by atoms with E-state index in [9.17, 15) is 20.2 Å². The van der Waals surface area contributed by atoms with Crippen LogP contribution < -0.4 is 0 Å². The van der Waals surface area contributed by atoms with Crippen molar-refractivity contribution in [2.45, 2.75) is 51.6 Å². The maximum Gasteiger partial charge on any atom is 0.235 e. The molecule has 186 valence electrons. The van der Waals surface area contributed by atoms with Gasteiger partial charge in [-0.2, -0.15) is 0 Å². The van der Waals surface area contributed by atoms with Crippen LogP contribution in [-0.2, 0) is 13.1 Å². The number of hydrogen-bond acceptors (Lipinski definition) is 4. The molecule has 0 fully saturated rings. The molecular formula is C28H30N4O4. The summed E-state index contributed by atoms with van der Waals surface area (Å²) in [6.45, 7) is 1.78. The smallest absolute Gasteiger partial charge is 0.235 e. The molecule has 0 atom stereocenters. The summed E-state index contributed by atoms with van der Waals surface area (Å²) in [4.78, 5) is 20.6. The minimum atomic E-state index is -0.433. The monoisotopic (exact) mass is 486 g/mol. The van der Waals surface area contributed by atoms with Gasteiger partial charge in [-0.05, 0) is 25.0 Å². The predicted molar refractivity (Wildman–Crippen MR) is 144 cm³/mol. The summed E-state index contributed by atoms with van der Waals surface area (Å²) in [5.41, 5.74) is 3.95. The van der Waals surface area contributed by atoms with Crippen molar-refractivity contribution in [1.29, 1.82) is 0 Å². The first-order valence-corrected chi connectivity index (χ1v) is 12.3. The highest BCUT2D eigenvalue weighted by Crippen LogP contribution is 2.25. The molecule has 0 radical (unpaired) electrons. The third kappa shape index (κ3) is 6.27. The van der Waals surface area contributed by atoms with Crippen LogP contribution in [0.5, 0.6) is 0 Å². The summed E-state index contributed by atoms with van der Waals surface area (Å²) in [7, 11) is 0. The van der Waals surface area contributed by atoms with E-state index in [-0.39, 0.29) is 0 Å². The highest BCUT2D eigenvalue weighted by molar-refractivity contribution is 5.90. The van der Waals surface area contributed by atoms with Crippen LogP contribution in [0.3, 0.4) is 0 Å².